The molecule has 22 heavy (non-hydrogen) atoms. The molecule has 0 radical (unpaired) electrons. The van der Waals surface area contributed by atoms with Gasteiger partial charge in [0.15, 0.2) is 0 Å². The van der Waals surface area contributed by atoms with Crippen LogP contribution >= 0.6 is 0 Å². The number of ether oxygens (including phenoxy) is 1. The zero-order chi connectivity index (χ0) is 16.0. The van der Waals surface area contributed by atoms with Crippen LogP contribution in [0.15, 0.2) is 45.7 Å². The van der Waals surface area contributed by atoms with Crippen LogP contribution in [0.4, 0.5) is 0 Å². The van der Waals surface area contributed by atoms with Gasteiger partial charge in [0.1, 0.15) is 0 Å². The van der Waals surface area contributed by atoms with E-state index in [0.717, 1.165) is 15.7 Å². The van der Waals surface area contributed by atoms with Gasteiger partial charge >= 0.3 is 5.69 Å². The largest absolute Gasteiger partial charge is 0.445 e. The first-order chi connectivity index (χ1) is 10.4. The summed E-state index contributed by atoms with van der Waals surface area (Å²) in [5.41, 5.74) is 1.96. The molecule has 1 unspecified atom stereocenters. The molecule has 1 aliphatic heterocycles. The Morgan fingerprint density at radius 2 is 1.64 bits per heavy atom. The topological polar surface area (TPSA) is 53.2 Å². The molecule has 3 rings (SSSR count). The van der Waals surface area contributed by atoms with Crippen LogP contribution in [-0.4, -0.2) is 9.13 Å². The molecule has 5 nitrogen and oxygen atoms in total. The minimum absolute atomic E-state index is 0.213. The number of benzene rings is 1. The third-order valence-corrected chi connectivity index (χ3v) is 4.05. The van der Waals surface area contributed by atoms with Crippen molar-refractivity contribution in [3.63, 3.8) is 0 Å². The highest BCUT2D eigenvalue weighted by Crippen LogP contribution is 2.35. The molecule has 1 aliphatic rings. The number of allylic oxidation sites excluding steroid dienone is 2. The van der Waals surface area contributed by atoms with E-state index in [1.165, 1.54) is 11.6 Å². The molecule has 0 amide bonds. The number of hydrogen-bond donors (Lipinski definition) is 0. The highest BCUT2D eigenvalue weighted by molar-refractivity contribution is 5.45. The zero-order valence-electron chi connectivity index (χ0n) is 13.1. The second-order valence-electron chi connectivity index (χ2n) is 5.69. The molecule has 1 atom stereocenters. The second-order valence-corrected chi connectivity index (χ2v) is 5.69. The van der Waals surface area contributed by atoms with Gasteiger partial charge in [-0.2, -0.15) is 0 Å². The van der Waals surface area contributed by atoms with Crippen LogP contribution in [0.2, 0.25) is 0 Å². The molecule has 5 heteroatoms. The van der Waals surface area contributed by atoms with Crippen molar-refractivity contribution in [1.29, 1.82) is 0 Å². The quantitative estimate of drug-likeness (QED) is 0.807. The van der Waals surface area contributed by atoms with E-state index >= 15 is 0 Å². The fourth-order valence-electron chi connectivity index (χ4n) is 2.78. The van der Waals surface area contributed by atoms with Crippen molar-refractivity contribution in [3.8, 4) is 5.88 Å². The standard InChI is InChI=1S/C17H18N2O3/c1-10-5-7-12(8-6-10)13-9-11(2)22-16-14(13)15(20)18(3)17(21)19(16)4/h5-9,13H,1-4H3. The minimum atomic E-state index is -0.388. The van der Waals surface area contributed by atoms with Crippen molar-refractivity contribution in [2.45, 2.75) is 19.8 Å². The van der Waals surface area contributed by atoms with E-state index in [1.54, 1.807) is 7.05 Å². The Hall–Kier alpha value is -2.56. The molecular formula is C17H18N2O3. The third-order valence-electron chi connectivity index (χ3n) is 4.05. The lowest BCUT2D eigenvalue weighted by Crippen LogP contribution is -2.41. The van der Waals surface area contributed by atoms with Crippen LogP contribution in [0, 0.1) is 6.92 Å². The Morgan fingerprint density at radius 3 is 2.27 bits per heavy atom. The van der Waals surface area contributed by atoms with Gasteiger partial charge in [-0.3, -0.25) is 13.9 Å². The molecule has 1 aromatic carbocycles. The molecule has 0 saturated heterocycles. The summed E-state index contributed by atoms with van der Waals surface area (Å²) in [6, 6.07) is 8.03. The predicted molar refractivity (Wildman–Crippen MR) is 84.3 cm³/mol. The van der Waals surface area contributed by atoms with E-state index < -0.39 is 0 Å². The van der Waals surface area contributed by atoms with Crippen molar-refractivity contribution in [1.82, 2.24) is 9.13 Å². The van der Waals surface area contributed by atoms with E-state index in [9.17, 15) is 9.59 Å². The van der Waals surface area contributed by atoms with E-state index in [0.29, 0.717) is 17.2 Å². The zero-order valence-corrected chi connectivity index (χ0v) is 13.1. The van der Waals surface area contributed by atoms with E-state index in [4.69, 9.17) is 4.74 Å². The van der Waals surface area contributed by atoms with Gasteiger partial charge in [-0.05, 0) is 25.5 Å². The van der Waals surface area contributed by atoms with Crippen LogP contribution < -0.4 is 16.0 Å². The van der Waals surface area contributed by atoms with Crippen LogP contribution in [0.5, 0.6) is 5.88 Å². The third kappa shape index (κ3) is 2.09. The molecule has 0 fully saturated rings. The normalized spacial score (nSPS) is 16.7. The first-order valence-electron chi connectivity index (χ1n) is 7.13. The number of aromatic nitrogens is 2. The molecule has 0 spiro atoms. The Labute approximate surface area is 128 Å². The van der Waals surface area contributed by atoms with Gasteiger partial charge in [0, 0.05) is 20.0 Å². The van der Waals surface area contributed by atoms with E-state index in [-0.39, 0.29) is 17.2 Å². The van der Waals surface area contributed by atoms with Gasteiger partial charge in [-0.15, -0.1) is 0 Å². The lowest BCUT2D eigenvalue weighted by atomic mass is 9.90. The fraction of sp³-hybridized carbons (Fsp3) is 0.294. The molecular weight excluding hydrogens is 280 g/mol. The summed E-state index contributed by atoms with van der Waals surface area (Å²) in [6.45, 7) is 3.84. The van der Waals surface area contributed by atoms with Gasteiger partial charge in [0.05, 0.1) is 11.3 Å². The van der Waals surface area contributed by atoms with Crippen molar-refractivity contribution >= 4 is 0 Å². The van der Waals surface area contributed by atoms with Crippen molar-refractivity contribution in [2.75, 3.05) is 0 Å². The molecule has 0 saturated carbocycles. The number of rotatable bonds is 1. The Kier molecular flexibility index (Phi) is 3.28. The molecule has 0 N–H and O–H groups in total. The van der Waals surface area contributed by atoms with Crippen molar-refractivity contribution in [3.05, 3.63) is 73.6 Å². The highest BCUT2D eigenvalue weighted by atomic mass is 16.5. The highest BCUT2D eigenvalue weighted by Gasteiger charge is 2.29. The van der Waals surface area contributed by atoms with Crippen molar-refractivity contribution in [2.24, 2.45) is 14.1 Å². The van der Waals surface area contributed by atoms with Gasteiger partial charge in [0.25, 0.3) is 5.56 Å². The Balaban J connectivity index is 2.31. The second kappa shape index (κ2) is 5.02. The first-order valence-corrected chi connectivity index (χ1v) is 7.13. The smallest absolute Gasteiger partial charge is 0.333 e. The van der Waals surface area contributed by atoms with E-state index in [1.807, 2.05) is 44.2 Å². The van der Waals surface area contributed by atoms with Gasteiger partial charge < -0.3 is 4.74 Å². The maximum atomic E-state index is 12.6. The fourth-order valence-corrected chi connectivity index (χ4v) is 2.78. The number of fused-ring (bicyclic) bond motifs is 1. The summed E-state index contributed by atoms with van der Waals surface area (Å²) in [5, 5.41) is 0. The molecule has 2 heterocycles. The van der Waals surface area contributed by atoms with E-state index in [2.05, 4.69) is 0 Å². The Morgan fingerprint density at radius 1 is 1.00 bits per heavy atom. The van der Waals surface area contributed by atoms with Gasteiger partial charge in [-0.1, -0.05) is 29.8 Å². The molecule has 0 bridgehead atoms. The number of hydrogen-bond acceptors (Lipinski definition) is 3. The lowest BCUT2D eigenvalue weighted by molar-refractivity contribution is 0.359. The maximum Gasteiger partial charge on any atom is 0.333 e. The van der Waals surface area contributed by atoms with Gasteiger partial charge in [-0.25, -0.2) is 4.79 Å². The lowest BCUT2D eigenvalue weighted by Gasteiger charge is -2.25. The number of nitrogens with zero attached hydrogens (tertiary/aromatic N) is 2. The average molecular weight is 298 g/mol. The van der Waals surface area contributed by atoms with Crippen molar-refractivity contribution < 1.29 is 4.74 Å². The van der Waals surface area contributed by atoms with Crippen LogP contribution in [0.25, 0.3) is 0 Å². The molecule has 114 valence electrons. The summed E-state index contributed by atoms with van der Waals surface area (Å²) in [4.78, 5) is 24.7. The molecule has 1 aromatic heterocycles. The summed E-state index contributed by atoms with van der Waals surface area (Å²) in [5.74, 6) is 0.801. The summed E-state index contributed by atoms with van der Waals surface area (Å²) in [6.07, 6.45) is 1.92. The number of aryl methyl sites for hydroxylation is 1. The van der Waals surface area contributed by atoms with Crippen LogP contribution in [0.1, 0.15) is 29.5 Å². The minimum Gasteiger partial charge on any atom is -0.445 e. The average Bonchev–Trinajstić information content (AvgIpc) is 2.50. The van der Waals surface area contributed by atoms with Gasteiger partial charge in [0.2, 0.25) is 5.88 Å². The SMILES string of the molecule is CC1=CC(c2ccc(C)cc2)c2c(n(C)c(=O)n(C)c2=O)O1. The molecule has 0 aliphatic carbocycles. The summed E-state index contributed by atoms with van der Waals surface area (Å²) >= 11 is 0. The summed E-state index contributed by atoms with van der Waals surface area (Å²) < 4.78 is 8.17. The predicted octanol–water partition coefficient (Wildman–Crippen LogP) is 1.82. The monoisotopic (exact) mass is 298 g/mol. The maximum absolute atomic E-state index is 12.6. The Bertz CT molecular complexity index is 886. The van der Waals surface area contributed by atoms with Crippen LogP contribution in [0.3, 0.4) is 0 Å². The summed E-state index contributed by atoms with van der Waals surface area (Å²) in [7, 11) is 3.10. The van der Waals surface area contributed by atoms with Crippen LogP contribution in [-0.2, 0) is 14.1 Å². The molecule has 2 aromatic rings. The first kappa shape index (κ1) is 14.4.